The normalized spacial score (nSPS) is 10.2. The van der Waals surface area contributed by atoms with Crippen molar-refractivity contribution in [2.45, 2.75) is 5.03 Å². The molecule has 0 fully saturated rings. The highest BCUT2D eigenvalue weighted by Crippen LogP contribution is 2.34. The maximum absolute atomic E-state index is 12.5. The quantitative estimate of drug-likeness (QED) is 0.434. The number of carbonyl (C=O) groups is 1. The second-order valence-electron chi connectivity index (χ2n) is 5.98. The van der Waals surface area contributed by atoms with Gasteiger partial charge in [0, 0.05) is 15.6 Å². The van der Waals surface area contributed by atoms with Crippen LogP contribution in [0.25, 0.3) is 11.1 Å². The molecule has 0 bridgehead atoms. The van der Waals surface area contributed by atoms with Crippen molar-refractivity contribution in [3.8, 4) is 29.0 Å². The zero-order chi connectivity index (χ0) is 21.0. The molecule has 6 nitrogen and oxygen atoms in total. The second kappa shape index (κ2) is 8.78. The zero-order valence-corrected chi connectivity index (χ0v) is 17.3. The van der Waals surface area contributed by atoms with Crippen LogP contribution < -0.4 is 10.7 Å². The van der Waals surface area contributed by atoms with Gasteiger partial charge in [-0.1, -0.05) is 52.0 Å². The molecule has 0 amide bonds. The minimum absolute atomic E-state index is 0.0657. The van der Waals surface area contributed by atoms with E-state index in [0.29, 0.717) is 21.7 Å². The average molecular weight is 466 g/mol. The van der Waals surface area contributed by atoms with Gasteiger partial charge >= 0.3 is 0 Å². The molecular weight excluding hydrogens is 452 g/mol. The highest BCUT2D eigenvalue weighted by molar-refractivity contribution is 9.10. The molecular formula is C21H14BrN4O2S+. The van der Waals surface area contributed by atoms with E-state index < -0.39 is 0 Å². The fraction of sp³-hybridized carbons (Fsp3) is 0.0476. The smallest absolute Gasteiger partial charge is 0.289 e. The summed E-state index contributed by atoms with van der Waals surface area (Å²) < 4.78 is 0.875. The number of carbonyl (C=O) groups excluding carboxylic acids is 1. The Balaban J connectivity index is 2.00. The van der Waals surface area contributed by atoms with Crippen LogP contribution in [0.15, 0.2) is 58.0 Å². The van der Waals surface area contributed by atoms with Gasteiger partial charge in [0.15, 0.2) is 10.8 Å². The third kappa shape index (κ3) is 4.40. The first-order chi connectivity index (χ1) is 13.9. The first-order valence-corrected chi connectivity index (χ1v) is 10.1. The Bertz CT molecular complexity index is 1160. The molecule has 142 valence electrons. The highest BCUT2D eigenvalue weighted by Gasteiger charge is 2.24. The van der Waals surface area contributed by atoms with Gasteiger partial charge in [0.1, 0.15) is 29.0 Å². The number of nitrogens with two attached hydrogens (primary N) is 1. The van der Waals surface area contributed by atoms with Crippen molar-refractivity contribution in [2.75, 3.05) is 11.5 Å². The number of nitriles is 2. The van der Waals surface area contributed by atoms with E-state index in [1.54, 1.807) is 36.4 Å². The van der Waals surface area contributed by atoms with Gasteiger partial charge in [-0.15, -0.1) is 0 Å². The topological polar surface area (TPSA) is 125 Å². The number of nitrogens with one attached hydrogen (secondary N) is 1. The number of nitrogen functional groups attached to an aromatic ring is 1. The predicted molar refractivity (Wildman–Crippen MR) is 113 cm³/mol. The number of rotatable bonds is 5. The Hall–Kier alpha value is -3.33. The molecule has 0 aliphatic carbocycles. The summed E-state index contributed by atoms with van der Waals surface area (Å²) in [6.45, 7) is 0. The largest absolute Gasteiger partial charge is 0.508 e. The fourth-order valence-electron chi connectivity index (χ4n) is 2.73. The summed E-state index contributed by atoms with van der Waals surface area (Å²) >= 11 is 4.48. The van der Waals surface area contributed by atoms with Crippen molar-refractivity contribution < 1.29 is 14.9 Å². The summed E-state index contributed by atoms with van der Waals surface area (Å²) in [7, 11) is 0. The number of hydrogen-bond donors (Lipinski definition) is 2. The van der Waals surface area contributed by atoms with Crippen LogP contribution in [0.5, 0.6) is 5.75 Å². The van der Waals surface area contributed by atoms with Crippen molar-refractivity contribution in [3.05, 3.63) is 69.7 Å². The molecule has 3 aromatic rings. The Morgan fingerprint density at radius 3 is 2.28 bits per heavy atom. The van der Waals surface area contributed by atoms with Gasteiger partial charge < -0.3 is 5.11 Å². The zero-order valence-electron chi connectivity index (χ0n) is 14.9. The second-order valence-corrected chi connectivity index (χ2v) is 7.88. The van der Waals surface area contributed by atoms with Crippen LogP contribution in [0.3, 0.4) is 0 Å². The number of hydrogen-bond acceptors (Lipinski definition) is 6. The molecule has 0 radical (unpaired) electrons. The van der Waals surface area contributed by atoms with Gasteiger partial charge in [0.25, 0.3) is 5.82 Å². The number of pyridine rings is 1. The number of anilines is 1. The SMILES string of the molecule is N#Cc1c(N)[nH+]c(SCC(=O)c2ccc(Br)cc2)c(C#N)c1-c1ccc(O)cc1. The molecule has 8 heteroatoms. The van der Waals surface area contributed by atoms with Crippen LogP contribution >= 0.6 is 27.7 Å². The summed E-state index contributed by atoms with van der Waals surface area (Å²) in [5.74, 6) is 0.158. The number of phenolic OH excluding ortho intramolecular Hbond substituents is 1. The van der Waals surface area contributed by atoms with E-state index in [1.165, 1.54) is 12.1 Å². The van der Waals surface area contributed by atoms with Crippen LogP contribution in [0.1, 0.15) is 21.5 Å². The van der Waals surface area contributed by atoms with E-state index in [-0.39, 0.29) is 34.2 Å². The maximum atomic E-state index is 12.5. The van der Waals surface area contributed by atoms with Gasteiger partial charge in [-0.3, -0.25) is 10.5 Å². The van der Waals surface area contributed by atoms with Crippen LogP contribution in [-0.2, 0) is 0 Å². The molecule has 0 spiro atoms. The highest BCUT2D eigenvalue weighted by atomic mass is 79.9. The van der Waals surface area contributed by atoms with E-state index in [1.807, 2.05) is 6.07 Å². The lowest BCUT2D eigenvalue weighted by atomic mass is 9.97. The molecule has 0 saturated heterocycles. The van der Waals surface area contributed by atoms with Gasteiger partial charge in [0.05, 0.1) is 5.75 Å². The molecule has 0 unspecified atom stereocenters. The monoisotopic (exact) mass is 465 g/mol. The molecule has 4 N–H and O–H groups in total. The van der Waals surface area contributed by atoms with Gasteiger partial charge in [0.2, 0.25) is 0 Å². The summed E-state index contributed by atoms with van der Waals surface area (Å²) in [6, 6.07) is 17.3. The molecule has 0 aliphatic rings. The summed E-state index contributed by atoms with van der Waals surface area (Å²) in [4.78, 5) is 15.4. The number of nitrogens with zero attached hydrogens (tertiary/aromatic N) is 2. The third-order valence-electron chi connectivity index (χ3n) is 4.14. The number of phenols is 1. The van der Waals surface area contributed by atoms with Gasteiger partial charge in [-0.2, -0.15) is 10.5 Å². The summed E-state index contributed by atoms with van der Waals surface area (Å²) in [5.41, 5.74) is 7.86. The molecule has 0 atom stereocenters. The first-order valence-electron chi connectivity index (χ1n) is 8.34. The third-order valence-corrected chi connectivity index (χ3v) is 5.67. The van der Waals surface area contributed by atoms with Crippen molar-refractivity contribution in [2.24, 2.45) is 0 Å². The van der Waals surface area contributed by atoms with E-state index in [2.05, 4.69) is 27.0 Å². The summed E-state index contributed by atoms with van der Waals surface area (Å²) in [5, 5.41) is 29.2. The van der Waals surface area contributed by atoms with Gasteiger partial charge in [-0.25, -0.2) is 4.98 Å². The van der Waals surface area contributed by atoms with E-state index in [0.717, 1.165) is 16.2 Å². The van der Waals surface area contributed by atoms with Crippen molar-refractivity contribution >= 4 is 39.3 Å². The van der Waals surface area contributed by atoms with Crippen LogP contribution in [-0.4, -0.2) is 16.6 Å². The predicted octanol–water partition coefficient (Wildman–Crippen LogP) is 3.94. The lowest BCUT2D eigenvalue weighted by Crippen LogP contribution is -2.19. The molecule has 0 saturated carbocycles. The summed E-state index contributed by atoms with van der Waals surface area (Å²) in [6.07, 6.45) is 0. The Morgan fingerprint density at radius 2 is 1.69 bits per heavy atom. The molecule has 29 heavy (non-hydrogen) atoms. The number of benzene rings is 2. The number of H-pyrrole nitrogens is 1. The fourth-order valence-corrected chi connectivity index (χ4v) is 3.91. The maximum Gasteiger partial charge on any atom is 0.289 e. The lowest BCUT2D eigenvalue weighted by Gasteiger charge is -2.10. The molecule has 3 rings (SSSR count). The molecule has 0 aliphatic heterocycles. The van der Waals surface area contributed by atoms with E-state index in [4.69, 9.17) is 5.73 Å². The number of thioether (sulfide) groups is 1. The standard InChI is InChI=1S/C21H13BrN4O2S/c22-14-5-1-12(2-6-14)18(28)11-29-21-17(10-24)19(16(9-23)20(25)26-21)13-3-7-15(27)8-4-13/h1-8,27H,11H2,(H2,25,26)/p+1. The van der Waals surface area contributed by atoms with Crippen LogP contribution in [0.2, 0.25) is 0 Å². The first kappa shape index (κ1) is 20.4. The number of halogens is 1. The number of aromatic amines is 1. The Labute approximate surface area is 179 Å². The minimum Gasteiger partial charge on any atom is -0.508 e. The molecule has 1 aromatic heterocycles. The van der Waals surface area contributed by atoms with Crippen molar-refractivity contribution in [3.63, 3.8) is 0 Å². The van der Waals surface area contributed by atoms with Crippen molar-refractivity contribution in [1.82, 2.24) is 0 Å². The minimum atomic E-state index is -0.103. The van der Waals surface area contributed by atoms with Crippen LogP contribution in [0.4, 0.5) is 5.82 Å². The van der Waals surface area contributed by atoms with Gasteiger partial charge in [-0.05, 0) is 29.8 Å². The van der Waals surface area contributed by atoms with E-state index in [9.17, 15) is 20.4 Å². The number of Topliss-reactive ketones (excluding diaryl/α,β-unsaturated/α-hetero) is 1. The average Bonchev–Trinajstić information content (AvgIpc) is 2.72. The lowest BCUT2D eigenvalue weighted by molar-refractivity contribution is -0.410. The Morgan fingerprint density at radius 1 is 1.07 bits per heavy atom. The van der Waals surface area contributed by atoms with Crippen molar-refractivity contribution in [1.29, 1.82) is 10.5 Å². The van der Waals surface area contributed by atoms with Crippen LogP contribution in [0, 0.1) is 22.7 Å². The number of aromatic nitrogens is 1. The molecule has 2 aromatic carbocycles. The number of aromatic hydroxyl groups is 1. The molecule has 1 heterocycles. The Kier molecular flexibility index (Phi) is 6.18. The van der Waals surface area contributed by atoms with E-state index >= 15 is 0 Å². The number of ketones is 1.